The third-order valence-corrected chi connectivity index (χ3v) is 2.47. The van der Waals surface area contributed by atoms with Crippen LogP contribution in [0.1, 0.15) is 26.7 Å². The third-order valence-electron chi connectivity index (χ3n) is 2.47. The minimum atomic E-state index is -0.542. The molecule has 0 saturated heterocycles. The summed E-state index contributed by atoms with van der Waals surface area (Å²) in [6, 6.07) is -0.127. The first-order valence-corrected chi connectivity index (χ1v) is 5.59. The minimum absolute atomic E-state index is 0.0874. The number of allylic oxidation sites excluding steroid dienone is 1. The summed E-state index contributed by atoms with van der Waals surface area (Å²) in [6.07, 6.45) is 3.35. The van der Waals surface area contributed by atoms with E-state index in [1.165, 1.54) is 6.08 Å². The van der Waals surface area contributed by atoms with Gasteiger partial charge in [0.05, 0.1) is 6.61 Å². The van der Waals surface area contributed by atoms with Crippen LogP contribution >= 0.6 is 0 Å². The quantitative estimate of drug-likeness (QED) is 0.557. The van der Waals surface area contributed by atoms with Gasteiger partial charge in [0.25, 0.3) is 0 Å². The van der Waals surface area contributed by atoms with Gasteiger partial charge >= 0.3 is 5.97 Å². The average Bonchev–Trinajstić information content (AvgIpc) is 2.25. The number of aliphatic hydroxyl groups is 1. The van der Waals surface area contributed by atoms with Crippen molar-refractivity contribution in [3.05, 3.63) is 23.1 Å². The molecule has 1 atom stereocenters. The molecule has 2 N–H and O–H groups in total. The van der Waals surface area contributed by atoms with Gasteiger partial charge in [0, 0.05) is 18.2 Å². The Balaban J connectivity index is 2.78. The normalized spacial score (nSPS) is 19.4. The number of esters is 1. The van der Waals surface area contributed by atoms with Crippen LogP contribution < -0.4 is 5.32 Å². The predicted molar refractivity (Wildman–Crippen MR) is 62.3 cm³/mol. The molecule has 0 radical (unpaired) electrons. The fraction of sp³-hybridized carbons (Fsp3) is 0.500. The second kappa shape index (κ2) is 6.08. The minimum Gasteiger partial charge on any atom is -0.507 e. The Hall–Kier alpha value is -1.78. The summed E-state index contributed by atoms with van der Waals surface area (Å²) in [4.78, 5) is 21.8. The fourth-order valence-corrected chi connectivity index (χ4v) is 1.72. The first-order valence-electron chi connectivity index (χ1n) is 5.59. The second-order valence-corrected chi connectivity index (χ2v) is 3.77. The molecule has 0 aromatic rings. The predicted octanol–water partition coefficient (Wildman–Crippen LogP) is 1.22. The standard InChI is InChI=1S/C12H17NO4/c1-3-17-12(16)11-8(2)13-9(5-4-6-14)7-10(11)15/h6-7,9,13,15H,3-5H2,1-2H3. The van der Waals surface area contributed by atoms with Gasteiger partial charge in [-0.3, -0.25) is 0 Å². The number of aldehydes is 1. The summed E-state index contributed by atoms with van der Waals surface area (Å²) < 4.78 is 4.84. The molecule has 17 heavy (non-hydrogen) atoms. The highest BCUT2D eigenvalue weighted by Gasteiger charge is 2.24. The number of aliphatic hydroxyl groups excluding tert-OH is 1. The molecule has 94 valence electrons. The maximum atomic E-state index is 11.6. The molecule has 5 nitrogen and oxygen atoms in total. The van der Waals surface area contributed by atoms with E-state index in [0.29, 0.717) is 18.5 Å². The van der Waals surface area contributed by atoms with E-state index in [-0.39, 0.29) is 24.0 Å². The third kappa shape index (κ3) is 3.34. The van der Waals surface area contributed by atoms with Crippen LogP contribution in [-0.2, 0) is 14.3 Å². The smallest absolute Gasteiger partial charge is 0.343 e. The van der Waals surface area contributed by atoms with E-state index in [1.807, 2.05) is 0 Å². The van der Waals surface area contributed by atoms with Gasteiger partial charge in [-0.2, -0.15) is 0 Å². The molecule has 0 fully saturated rings. The Labute approximate surface area is 100 Å². The van der Waals surface area contributed by atoms with Crippen LogP contribution in [0.25, 0.3) is 0 Å². The van der Waals surface area contributed by atoms with Gasteiger partial charge in [0.2, 0.25) is 0 Å². The molecule has 1 unspecified atom stereocenters. The topological polar surface area (TPSA) is 75.6 Å². The Morgan fingerprint density at radius 2 is 2.35 bits per heavy atom. The van der Waals surface area contributed by atoms with E-state index in [1.54, 1.807) is 13.8 Å². The number of carbonyl (C=O) groups is 2. The number of hydrogen-bond acceptors (Lipinski definition) is 5. The SMILES string of the molecule is CCOC(=O)C1=C(C)NC(CCC=O)C=C1O. The van der Waals surface area contributed by atoms with E-state index in [9.17, 15) is 14.7 Å². The zero-order valence-corrected chi connectivity index (χ0v) is 10.0. The largest absolute Gasteiger partial charge is 0.507 e. The van der Waals surface area contributed by atoms with Crippen molar-refractivity contribution >= 4 is 12.3 Å². The molecule has 0 aliphatic carbocycles. The number of rotatable bonds is 5. The molecular formula is C12H17NO4. The Morgan fingerprint density at radius 1 is 1.65 bits per heavy atom. The van der Waals surface area contributed by atoms with Crippen LogP contribution in [-0.4, -0.2) is 30.0 Å². The van der Waals surface area contributed by atoms with Crippen molar-refractivity contribution in [3.63, 3.8) is 0 Å². The van der Waals surface area contributed by atoms with Crippen molar-refractivity contribution in [2.45, 2.75) is 32.7 Å². The van der Waals surface area contributed by atoms with E-state index in [0.717, 1.165) is 6.29 Å². The zero-order chi connectivity index (χ0) is 12.8. The van der Waals surface area contributed by atoms with Crippen molar-refractivity contribution in [2.24, 2.45) is 0 Å². The Bertz CT molecular complexity index is 371. The number of carbonyl (C=O) groups excluding carboxylic acids is 2. The number of hydrogen-bond donors (Lipinski definition) is 2. The molecular weight excluding hydrogens is 222 g/mol. The first kappa shape index (κ1) is 13.3. The van der Waals surface area contributed by atoms with Crippen LogP contribution in [0, 0.1) is 0 Å². The lowest BCUT2D eigenvalue weighted by Gasteiger charge is -2.23. The maximum Gasteiger partial charge on any atom is 0.343 e. The van der Waals surface area contributed by atoms with Gasteiger partial charge < -0.3 is 20.0 Å². The highest BCUT2D eigenvalue weighted by molar-refractivity contribution is 5.93. The lowest BCUT2D eigenvalue weighted by atomic mass is 10.0. The summed E-state index contributed by atoms with van der Waals surface area (Å²) in [5.74, 6) is -0.629. The summed E-state index contributed by atoms with van der Waals surface area (Å²) in [7, 11) is 0. The summed E-state index contributed by atoms with van der Waals surface area (Å²) in [6.45, 7) is 3.67. The first-order chi connectivity index (χ1) is 8.10. The zero-order valence-electron chi connectivity index (χ0n) is 10.0. The van der Waals surface area contributed by atoms with Gasteiger partial charge in [0.1, 0.15) is 17.6 Å². The monoisotopic (exact) mass is 239 g/mol. The van der Waals surface area contributed by atoms with Crippen molar-refractivity contribution in [3.8, 4) is 0 Å². The number of ether oxygens (including phenoxy) is 1. The van der Waals surface area contributed by atoms with Gasteiger partial charge in [-0.25, -0.2) is 4.79 Å². The van der Waals surface area contributed by atoms with Crippen LogP contribution in [0.5, 0.6) is 0 Å². The van der Waals surface area contributed by atoms with E-state index >= 15 is 0 Å². The molecule has 0 aromatic carbocycles. The van der Waals surface area contributed by atoms with Gasteiger partial charge in [0.15, 0.2) is 0 Å². The van der Waals surface area contributed by atoms with E-state index in [2.05, 4.69) is 5.32 Å². The van der Waals surface area contributed by atoms with Crippen molar-refractivity contribution in [1.82, 2.24) is 5.32 Å². The Morgan fingerprint density at radius 3 is 2.88 bits per heavy atom. The molecule has 1 rings (SSSR count). The van der Waals surface area contributed by atoms with E-state index in [4.69, 9.17) is 4.74 Å². The number of dihydropyridines is 1. The molecule has 1 aliphatic heterocycles. The summed E-state index contributed by atoms with van der Waals surface area (Å²) >= 11 is 0. The lowest BCUT2D eigenvalue weighted by Crippen LogP contribution is -2.32. The average molecular weight is 239 g/mol. The molecule has 0 bridgehead atoms. The molecule has 0 aromatic heterocycles. The fourth-order valence-electron chi connectivity index (χ4n) is 1.72. The van der Waals surface area contributed by atoms with Gasteiger partial charge in [-0.05, 0) is 26.3 Å². The van der Waals surface area contributed by atoms with Crippen molar-refractivity contribution in [1.29, 1.82) is 0 Å². The van der Waals surface area contributed by atoms with E-state index < -0.39 is 5.97 Å². The molecule has 5 heteroatoms. The number of nitrogens with one attached hydrogen (secondary N) is 1. The molecule has 0 saturated carbocycles. The molecule has 0 spiro atoms. The highest BCUT2D eigenvalue weighted by atomic mass is 16.5. The molecule has 1 aliphatic rings. The van der Waals surface area contributed by atoms with Crippen LogP contribution in [0.3, 0.4) is 0 Å². The Kier molecular flexibility index (Phi) is 4.75. The van der Waals surface area contributed by atoms with Crippen LogP contribution in [0.15, 0.2) is 23.1 Å². The van der Waals surface area contributed by atoms with Crippen LogP contribution in [0.4, 0.5) is 0 Å². The van der Waals surface area contributed by atoms with Crippen molar-refractivity contribution in [2.75, 3.05) is 6.61 Å². The lowest BCUT2D eigenvalue weighted by molar-refractivity contribution is -0.138. The molecule has 0 amide bonds. The van der Waals surface area contributed by atoms with Gasteiger partial charge in [-0.15, -0.1) is 0 Å². The van der Waals surface area contributed by atoms with Crippen molar-refractivity contribution < 1.29 is 19.4 Å². The van der Waals surface area contributed by atoms with Gasteiger partial charge in [-0.1, -0.05) is 0 Å². The highest BCUT2D eigenvalue weighted by Crippen LogP contribution is 2.20. The maximum absolute atomic E-state index is 11.6. The second-order valence-electron chi connectivity index (χ2n) is 3.77. The summed E-state index contributed by atoms with van der Waals surface area (Å²) in [5.41, 5.74) is 0.730. The van der Waals surface area contributed by atoms with Crippen LogP contribution in [0.2, 0.25) is 0 Å². The summed E-state index contributed by atoms with van der Waals surface area (Å²) in [5, 5.41) is 12.8. The molecule has 1 heterocycles.